The number of nitrogens with zero attached hydrogens (tertiary/aromatic N) is 1. The van der Waals surface area contributed by atoms with Crippen molar-refractivity contribution in [2.24, 2.45) is 0 Å². The molecule has 1 aliphatic rings. The van der Waals surface area contributed by atoms with Crippen LogP contribution < -0.4 is 0 Å². The number of likely N-dealkylation sites (N-methyl/N-ethyl adjacent to an activating group) is 1. The van der Waals surface area contributed by atoms with Crippen LogP contribution in [0.1, 0.15) is 110 Å². The number of carboxylic acid groups (broad SMARTS) is 1. The maximum atomic E-state index is 11.0. The third-order valence-electron chi connectivity index (χ3n) is 6.08. The van der Waals surface area contributed by atoms with Crippen molar-refractivity contribution in [3.8, 4) is 0 Å². The van der Waals surface area contributed by atoms with Gasteiger partial charge in [-0.15, -0.1) is 0 Å². The molecular weight excluding hydrogens is 366 g/mol. The number of morpholine rings is 1. The van der Waals surface area contributed by atoms with Gasteiger partial charge in [-0.2, -0.15) is 0 Å². The molecule has 0 saturated carbocycles. The van der Waals surface area contributed by atoms with Crippen molar-refractivity contribution < 1.29 is 24.2 Å². The average Bonchev–Trinajstić information content (AvgIpc) is 2.59. The first-order chi connectivity index (χ1) is 13.8. The number of hydrogen-bond donors (Lipinski definition) is 2. The van der Waals surface area contributed by atoms with Gasteiger partial charge in [-0.1, -0.05) is 90.4 Å². The third kappa shape index (κ3) is 13.3. The smallest absolute Gasteiger partial charge is 0.306 e. The number of aliphatic hydroxyl groups is 1. The molecule has 5 nitrogen and oxygen atoms in total. The maximum absolute atomic E-state index is 11.0. The summed E-state index contributed by atoms with van der Waals surface area (Å²) in [5.74, 6) is -2.05. The number of carboxylic acids is 1. The minimum absolute atomic E-state index is 0.0390. The van der Waals surface area contributed by atoms with Crippen LogP contribution in [0.4, 0.5) is 0 Å². The van der Waals surface area contributed by atoms with Crippen LogP contribution in [-0.2, 0) is 9.53 Å². The number of ether oxygens (including phenoxy) is 1. The lowest BCUT2D eigenvalue weighted by Crippen LogP contribution is -2.62. The number of rotatable bonds is 17. The summed E-state index contributed by atoms with van der Waals surface area (Å²) in [6, 6.07) is 0. The Kier molecular flexibility index (Phi) is 13.1. The second-order valence-corrected chi connectivity index (χ2v) is 9.91. The van der Waals surface area contributed by atoms with Gasteiger partial charge in [-0.25, -0.2) is 0 Å². The Hall–Kier alpha value is -0.650. The molecule has 0 radical (unpaired) electrons. The zero-order chi connectivity index (χ0) is 21.6. The van der Waals surface area contributed by atoms with Gasteiger partial charge in [0.25, 0.3) is 0 Å². The van der Waals surface area contributed by atoms with E-state index in [2.05, 4.69) is 6.92 Å². The predicted octanol–water partition coefficient (Wildman–Crippen LogP) is 5.50. The molecule has 0 bridgehead atoms. The van der Waals surface area contributed by atoms with Crippen molar-refractivity contribution in [2.45, 2.75) is 122 Å². The van der Waals surface area contributed by atoms with E-state index in [0.29, 0.717) is 24.0 Å². The molecule has 0 amide bonds. The third-order valence-corrected chi connectivity index (χ3v) is 6.08. The first kappa shape index (κ1) is 26.4. The molecule has 1 fully saturated rings. The summed E-state index contributed by atoms with van der Waals surface area (Å²) in [4.78, 5) is 11.0. The lowest BCUT2D eigenvalue weighted by Gasteiger charge is -2.46. The molecule has 2 atom stereocenters. The summed E-state index contributed by atoms with van der Waals surface area (Å²) < 4.78 is 6.40. The summed E-state index contributed by atoms with van der Waals surface area (Å²) >= 11 is 0. The molecule has 172 valence electrons. The first-order valence-electron chi connectivity index (χ1n) is 12.2. The van der Waals surface area contributed by atoms with Crippen LogP contribution in [0.15, 0.2) is 0 Å². The molecular formula is C24H48NO4+. The van der Waals surface area contributed by atoms with Crippen LogP contribution in [0.3, 0.4) is 0 Å². The van der Waals surface area contributed by atoms with Crippen molar-refractivity contribution >= 4 is 5.97 Å². The second kappa shape index (κ2) is 14.4. The maximum Gasteiger partial charge on any atom is 0.306 e. The van der Waals surface area contributed by atoms with Crippen molar-refractivity contribution in [3.63, 3.8) is 0 Å². The summed E-state index contributed by atoms with van der Waals surface area (Å²) in [5, 5.41) is 19.9. The number of aliphatic carboxylic acids is 1. The Bertz CT molecular complexity index is 441. The Labute approximate surface area is 179 Å². The highest BCUT2D eigenvalue weighted by Crippen LogP contribution is 2.29. The molecule has 1 aliphatic heterocycles. The molecule has 5 heteroatoms. The topological polar surface area (TPSA) is 66.8 Å². The minimum Gasteiger partial charge on any atom is -0.481 e. The van der Waals surface area contributed by atoms with Crippen molar-refractivity contribution in [3.05, 3.63) is 0 Å². The van der Waals surface area contributed by atoms with Crippen LogP contribution in [0.2, 0.25) is 0 Å². The lowest BCUT2D eigenvalue weighted by molar-refractivity contribution is -0.915. The van der Waals surface area contributed by atoms with Gasteiger partial charge in [0, 0.05) is 6.42 Å². The summed E-state index contributed by atoms with van der Waals surface area (Å²) in [6.45, 7) is 3.43. The van der Waals surface area contributed by atoms with Crippen LogP contribution in [-0.4, -0.2) is 59.7 Å². The van der Waals surface area contributed by atoms with Crippen LogP contribution >= 0.6 is 0 Å². The summed E-state index contributed by atoms with van der Waals surface area (Å²) in [5.41, 5.74) is 0. The number of hydrogen-bond acceptors (Lipinski definition) is 3. The summed E-state index contributed by atoms with van der Waals surface area (Å²) in [6.07, 6.45) is 18.5. The van der Waals surface area contributed by atoms with Crippen molar-refractivity contribution in [2.75, 3.05) is 27.2 Å². The van der Waals surface area contributed by atoms with Crippen molar-refractivity contribution in [1.29, 1.82) is 0 Å². The Morgan fingerprint density at radius 1 is 0.897 bits per heavy atom. The molecule has 2 N–H and O–H groups in total. The van der Waals surface area contributed by atoms with E-state index in [1.165, 1.54) is 77.0 Å². The van der Waals surface area contributed by atoms with E-state index < -0.39 is 17.9 Å². The fraction of sp³-hybridized carbons (Fsp3) is 0.958. The van der Waals surface area contributed by atoms with E-state index in [4.69, 9.17) is 9.84 Å². The van der Waals surface area contributed by atoms with E-state index >= 15 is 0 Å². The van der Waals surface area contributed by atoms with E-state index in [-0.39, 0.29) is 6.42 Å². The highest BCUT2D eigenvalue weighted by atomic mass is 16.6. The highest BCUT2D eigenvalue weighted by molar-refractivity contribution is 5.67. The van der Waals surface area contributed by atoms with Gasteiger partial charge in [-0.05, 0) is 6.42 Å². The normalized spacial score (nSPS) is 23.9. The Morgan fingerprint density at radius 3 is 1.79 bits per heavy atom. The average molecular weight is 415 g/mol. The molecule has 1 rings (SSSR count). The minimum atomic E-state index is -1.18. The Balaban J connectivity index is 2.04. The molecule has 0 aromatic carbocycles. The fourth-order valence-corrected chi connectivity index (χ4v) is 4.70. The fourth-order valence-electron chi connectivity index (χ4n) is 4.70. The molecule has 0 unspecified atom stereocenters. The standard InChI is InChI=1S/C24H47NO4/c1-4-5-6-7-8-9-10-11-12-13-14-15-16-17-18-24(28)21-25(2,3)20-22(29-24)19-23(26)27/h22,28H,4-21H2,1-3H3/p+1/t22-,24+/m1/s1. The number of carbonyl (C=O) groups is 1. The van der Waals surface area contributed by atoms with Gasteiger partial charge in [0.05, 0.1) is 20.5 Å². The van der Waals surface area contributed by atoms with Gasteiger partial charge < -0.3 is 19.4 Å². The van der Waals surface area contributed by atoms with Crippen LogP contribution in [0.25, 0.3) is 0 Å². The zero-order valence-electron chi connectivity index (χ0n) is 19.5. The molecule has 0 aromatic rings. The molecule has 29 heavy (non-hydrogen) atoms. The monoisotopic (exact) mass is 414 g/mol. The van der Waals surface area contributed by atoms with E-state index in [9.17, 15) is 9.90 Å². The van der Waals surface area contributed by atoms with E-state index in [1.807, 2.05) is 14.1 Å². The summed E-state index contributed by atoms with van der Waals surface area (Å²) in [7, 11) is 4.07. The van der Waals surface area contributed by atoms with Gasteiger partial charge in [-0.3, -0.25) is 4.79 Å². The zero-order valence-corrected chi connectivity index (χ0v) is 19.5. The molecule has 1 saturated heterocycles. The second-order valence-electron chi connectivity index (χ2n) is 9.91. The molecule has 1 heterocycles. The predicted molar refractivity (Wildman–Crippen MR) is 119 cm³/mol. The molecule has 0 aliphatic carbocycles. The largest absolute Gasteiger partial charge is 0.481 e. The van der Waals surface area contributed by atoms with Crippen LogP contribution in [0, 0.1) is 0 Å². The van der Waals surface area contributed by atoms with Gasteiger partial charge in [0.15, 0.2) is 0 Å². The van der Waals surface area contributed by atoms with Crippen molar-refractivity contribution in [1.82, 2.24) is 0 Å². The lowest BCUT2D eigenvalue weighted by atomic mass is 10.0. The van der Waals surface area contributed by atoms with Gasteiger partial charge >= 0.3 is 5.97 Å². The SMILES string of the molecule is CCCCCCCCCCCCCCCC[C@@]1(O)C[N+](C)(C)C[C@@H](CC(=O)O)O1. The number of unbranched alkanes of at least 4 members (excludes halogenated alkanes) is 13. The van der Waals surface area contributed by atoms with Crippen LogP contribution in [0.5, 0.6) is 0 Å². The van der Waals surface area contributed by atoms with E-state index in [1.54, 1.807) is 0 Å². The molecule has 0 spiro atoms. The Morgan fingerprint density at radius 2 is 1.34 bits per heavy atom. The molecule has 0 aromatic heterocycles. The van der Waals surface area contributed by atoms with E-state index in [0.717, 1.165) is 12.8 Å². The quantitative estimate of drug-likeness (QED) is 0.244. The van der Waals surface area contributed by atoms with Gasteiger partial charge in [0.1, 0.15) is 19.2 Å². The highest BCUT2D eigenvalue weighted by Gasteiger charge is 2.45. The first-order valence-corrected chi connectivity index (χ1v) is 12.2. The number of quaternary nitrogens is 1. The van der Waals surface area contributed by atoms with Gasteiger partial charge in [0.2, 0.25) is 5.79 Å².